The molecule has 7 heteroatoms. The van der Waals surface area contributed by atoms with Crippen molar-refractivity contribution in [2.75, 3.05) is 19.6 Å². The van der Waals surface area contributed by atoms with Crippen molar-refractivity contribution < 1.29 is 27.4 Å². The fourth-order valence-electron chi connectivity index (χ4n) is 1.58. The Labute approximate surface area is 102 Å². The fourth-order valence-corrected chi connectivity index (χ4v) is 1.58. The molecule has 0 aromatic rings. The molecule has 0 amide bonds. The number of likely N-dealkylation sites (tertiary alicyclic amines) is 1. The van der Waals surface area contributed by atoms with Gasteiger partial charge in [-0.2, -0.15) is 0 Å². The van der Waals surface area contributed by atoms with Gasteiger partial charge in [0.25, 0.3) is 0 Å². The molecule has 14 heavy (non-hydrogen) atoms. The molecule has 1 unspecified atom stereocenters. The molecule has 1 heterocycles. The first-order chi connectivity index (χ1) is 5.79. The van der Waals surface area contributed by atoms with Crippen LogP contribution in [0.2, 0.25) is 0 Å². The SMILES string of the molecule is CCN1CCCC1CN.O.O.[Cl][Pt][Cl]. The molecule has 0 radical (unpaired) electrons. The fraction of sp³-hybridized carbons (Fsp3) is 1.00. The first-order valence-corrected chi connectivity index (χ1v) is 9.69. The van der Waals surface area contributed by atoms with E-state index in [1.54, 1.807) is 0 Å². The molecule has 1 fully saturated rings. The number of halogens is 2. The van der Waals surface area contributed by atoms with Crippen LogP contribution >= 0.6 is 18.8 Å². The van der Waals surface area contributed by atoms with Gasteiger partial charge in [0.1, 0.15) is 0 Å². The number of likely N-dealkylation sites (N-methyl/N-ethyl adjacent to an activating group) is 1. The van der Waals surface area contributed by atoms with Crippen LogP contribution in [0.4, 0.5) is 0 Å². The second-order valence-corrected chi connectivity index (χ2v) is 5.99. The quantitative estimate of drug-likeness (QED) is 0.676. The van der Waals surface area contributed by atoms with Gasteiger partial charge in [-0.15, -0.1) is 0 Å². The van der Waals surface area contributed by atoms with Crippen molar-refractivity contribution in [3.63, 3.8) is 0 Å². The zero-order valence-electron chi connectivity index (χ0n) is 8.21. The number of hydrogen-bond donors (Lipinski definition) is 1. The van der Waals surface area contributed by atoms with Crippen molar-refractivity contribution in [3.8, 4) is 0 Å². The van der Waals surface area contributed by atoms with E-state index in [0.29, 0.717) is 6.04 Å². The van der Waals surface area contributed by atoms with Gasteiger partial charge in [-0.1, -0.05) is 6.92 Å². The summed E-state index contributed by atoms with van der Waals surface area (Å²) >= 11 is -0.472. The van der Waals surface area contributed by atoms with Gasteiger partial charge in [-0.05, 0) is 25.9 Å². The van der Waals surface area contributed by atoms with Gasteiger partial charge in [0.15, 0.2) is 0 Å². The Balaban J connectivity index is -0.000000218. The van der Waals surface area contributed by atoms with Crippen LogP contribution in [0.3, 0.4) is 0 Å². The molecule has 94 valence electrons. The summed E-state index contributed by atoms with van der Waals surface area (Å²) < 4.78 is 0. The number of nitrogens with zero attached hydrogens (tertiary/aromatic N) is 1. The zero-order chi connectivity index (χ0) is 9.40. The van der Waals surface area contributed by atoms with E-state index in [9.17, 15) is 0 Å². The van der Waals surface area contributed by atoms with E-state index in [-0.39, 0.29) is 11.0 Å². The molecule has 6 N–H and O–H groups in total. The molecule has 1 rings (SSSR count). The Kier molecular flexibility index (Phi) is 20.7. The van der Waals surface area contributed by atoms with Gasteiger partial charge in [0.05, 0.1) is 0 Å². The molecule has 1 aliphatic rings. The molecule has 1 saturated heterocycles. The topological polar surface area (TPSA) is 92.3 Å². The van der Waals surface area contributed by atoms with Crippen molar-refractivity contribution in [2.45, 2.75) is 25.8 Å². The van der Waals surface area contributed by atoms with E-state index in [4.69, 9.17) is 24.6 Å². The van der Waals surface area contributed by atoms with E-state index in [2.05, 4.69) is 11.8 Å². The number of hydrogen-bond acceptors (Lipinski definition) is 2. The third kappa shape index (κ3) is 8.42. The predicted molar refractivity (Wildman–Crippen MR) is 58.3 cm³/mol. The van der Waals surface area contributed by atoms with E-state index in [1.165, 1.54) is 25.9 Å². The van der Waals surface area contributed by atoms with Gasteiger partial charge < -0.3 is 16.7 Å². The standard InChI is InChI=1S/C7H16N2.2ClH.2H2O.Pt/c1-2-9-5-3-4-7(9)6-8;;;;;/h7H,2-6,8H2,1H3;2*1H;2*1H2;/q;;;;;+2/p-2. The van der Waals surface area contributed by atoms with Crippen LogP contribution in [-0.2, 0) is 16.5 Å². The summed E-state index contributed by atoms with van der Waals surface area (Å²) in [4.78, 5) is 2.46. The Morgan fingerprint density at radius 3 is 2.21 bits per heavy atom. The summed E-state index contributed by atoms with van der Waals surface area (Å²) in [7, 11) is 9.75. The Morgan fingerprint density at radius 2 is 1.93 bits per heavy atom. The maximum atomic E-state index is 5.56. The zero-order valence-corrected chi connectivity index (χ0v) is 12.0. The van der Waals surface area contributed by atoms with Crippen molar-refractivity contribution in [3.05, 3.63) is 0 Å². The molecule has 0 aliphatic carbocycles. The maximum absolute atomic E-state index is 5.56. The van der Waals surface area contributed by atoms with Gasteiger partial charge >= 0.3 is 35.3 Å². The second-order valence-electron chi connectivity index (χ2n) is 2.71. The van der Waals surface area contributed by atoms with Crippen LogP contribution < -0.4 is 5.73 Å². The van der Waals surface area contributed by atoms with Crippen LogP contribution in [0, 0.1) is 0 Å². The molecule has 1 atom stereocenters. The predicted octanol–water partition coefficient (Wildman–Crippen LogP) is 0.156. The number of nitrogens with two attached hydrogens (primary N) is 1. The van der Waals surface area contributed by atoms with Crippen molar-refractivity contribution in [1.82, 2.24) is 4.90 Å². The summed E-state index contributed by atoms with van der Waals surface area (Å²) in [5.74, 6) is 0. The van der Waals surface area contributed by atoms with Crippen LogP contribution in [0.1, 0.15) is 19.8 Å². The minimum atomic E-state index is -0.472. The molecule has 0 bridgehead atoms. The average Bonchev–Trinajstić information content (AvgIpc) is 2.52. The molecule has 0 aromatic carbocycles. The first-order valence-electron chi connectivity index (χ1n) is 4.06. The molecular formula is C7H20Cl2N2O2Pt. The second kappa shape index (κ2) is 14.1. The first kappa shape index (κ1) is 20.5. The third-order valence-electron chi connectivity index (χ3n) is 2.18. The van der Waals surface area contributed by atoms with Crippen LogP contribution in [0.5, 0.6) is 0 Å². The third-order valence-corrected chi connectivity index (χ3v) is 2.18. The molecule has 4 nitrogen and oxygen atoms in total. The normalized spacial score (nSPS) is 20.4. The van der Waals surface area contributed by atoms with Crippen molar-refractivity contribution >= 4 is 18.8 Å². The summed E-state index contributed by atoms with van der Waals surface area (Å²) in [5, 5.41) is 0. The molecule has 0 saturated carbocycles. The van der Waals surface area contributed by atoms with Crippen LogP contribution in [0.15, 0.2) is 0 Å². The average molecular weight is 430 g/mol. The number of rotatable bonds is 2. The van der Waals surface area contributed by atoms with Gasteiger partial charge in [-0.3, -0.25) is 4.90 Å². The molecule has 0 spiro atoms. The van der Waals surface area contributed by atoms with E-state index in [0.717, 1.165) is 6.54 Å². The van der Waals surface area contributed by atoms with E-state index < -0.39 is 16.5 Å². The van der Waals surface area contributed by atoms with E-state index >= 15 is 0 Å². The van der Waals surface area contributed by atoms with Crippen molar-refractivity contribution in [1.29, 1.82) is 0 Å². The van der Waals surface area contributed by atoms with E-state index in [1.807, 2.05) is 0 Å². The Bertz CT molecular complexity index is 104. The summed E-state index contributed by atoms with van der Waals surface area (Å²) in [6, 6.07) is 0.690. The van der Waals surface area contributed by atoms with Gasteiger partial charge in [-0.25, -0.2) is 0 Å². The molecular weight excluding hydrogens is 410 g/mol. The summed E-state index contributed by atoms with van der Waals surface area (Å²) in [5.41, 5.74) is 5.56. The molecule has 0 aromatic heterocycles. The van der Waals surface area contributed by atoms with Crippen LogP contribution in [-0.4, -0.2) is 41.5 Å². The summed E-state index contributed by atoms with van der Waals surface area (Å²) in [6.07, 6.45) is 2.65. The minimum absolute atomic E-state index is 0. The monoisotopic (exact) mass is 429 g/mol. The molecule has 1 aliphatic heterocycles. The van der Waals surface area contributed by atoms with Crippen molar-refractivity contribution in [2.24, 2.45) is 5.73 Å². The van der Waals surface area contributed by atoms with Gasteiger partial charge in [0, 0.05) is 12.6 Å². The summed E-state index contributed by atoms with van der Waals surface area (Å²) in [6.45, 7) is 5.47. The van der Waals surface area contributed by atoms with Gasteiger partial charge in [0.2, 0.25) is 0 Å². The Hall–Kier alpha value is 1.11. The van der Waals surface area contributed by atoms with Crippen LogP contribution in [0.25, 0.3) is 0 Å². The Morgan fingerprint density at radius 1 is 1.43 bits per heavy atom.